The summed E-state index contributed by atoms with van der Waals surface area (Å²) in [6.45, 7) is 11.7. The normalized spacial score (nSPS) is 12.3. The largest absolute Gasteiger partial charge is 0.508 e. The van der Waals surface area contributed by atoms with Crippen molar-refractivity contribution in [3.63, 3.8) is 0 Å². The van der Waals surface area contributed by atoms with E-state index in [9.17, 15) is 13.5 Å². The summed E-state index contributed by atoms with van der Waals surface area (Å²) in [6, 6.07) is 7.65. The first-order chi connectivity index (χ1) is 12.2. The van der Waals surface area contributed by atoms with Crippen LogP contribution in [-0.2, 0) is 15.4 Å². The molecule has 0 atom stereocenters. The van der Waals surface area contributed by atoms with Crippen molar-refractivity contribution in [3.05, 3.63) is 58.5 Å². The molecule has 1 heterocycles. The van der Waals surface area contributed by atoms with Gasteiger partial charge in [-0.15, -0.1) is 17.9 Å². The zero-order valence-corrected chi connectivity index (χ0v) is 17.4. The van der Waals surface area contributed by atoms with E-state index in [1.165, 1.54) is 17.4 Å². The van der Waals surface area contributed by atoms with Gasteiger partial charge >= 0.3 is 0 Å². The summed E-state index contributed by atoms with van der Waals surface area (Å²) >= 11 is 1.33. The highest BCUT2D eigenvalue weighted by Gasteiger charge is 2.34. The Morgan fingerprint density at radius 3 is 2.38 bits per heavy atom. The van der Waals surface area contributed by atoms with Crippen molar-refractivity contribution in [2.24, 2.45) is 0 Å². The van der Waals surface area contributed by atoms with Crippen molar-refractivity contribution in [1.29, 1.82) is 0 Å². The molecule has 0 saturated carbocycles. The minimum Gasteiger partial charge on any atom is -0.508 e. The van der Waals surface area contributed by atoms with Gasteiger partial charge in [-0.2, -0.15) is 0 Å². The highest BCUT2D eigenvalue weighted by atomic mass is 32.2. The SMILES string of the molecule is C=CCNS(=O)(=O)c1sc(C(CC)(CC)c2ccc(O)c(C)c2)cc1C. The maximum atomic E-state index is 12.6. The van der Waals surface area contributed by atoms with Crippen molar-refractivity contribution in [3.8, 4) is 5.75 Å². The molecule has 2 aromatic rings. The van der Waals surface area contributed by atoms with Gasteiger partial charge in [0.15, 0.2) is 0 Å². The number of hydrogen-bond donors (Lipinski definition) is 2. The third kappa shape index (κ3) is 3.72. The molecule has 1 aromatic carbocycles. The Bertz CT molecular complexity index is 894. The van der Waals surface area contributed by atoms with E-state index >= 15 is 0 Å². The van der Waals surface area contributed by atoms with E-state index < -0.39 is 10.0 Å². The van der Waals surface area contributed by atoms with E-state index in [-0.39, 0.29) is 17.7 Å². The lowest BCUT2D eigenvalue weighted by atomic mass is 9.74. The predicted molar refractivity (Wildman–Crippen MR) is 109 cm³/mol. The Labute approximate surface area is 160 Å². The number of hydrogen-bond acceptors (Lipinski definition) is 4. The van der Waals surface area contributed by atoms with Crippen LogP contribution in [0.15, 0.2) is 41.1 Å². The average molecular weight is 394 g/mol. The monoisotopic (exact) mass is 393 g/mol. The minimum atomic E-state index is -3.55. The van der Waals surface area contributed by atoms with Crippen LogP contribution in [0.5, 0.6) is 5.75 Å². The zero-order chi connectivity index (χ0) is 19.5. The average Bonchev–Trinajstić information content (AvgIpc) is 3.01. The van der Waals surface area contributed by atoms with Gasteiger partial charge in [-0.1, -0.05) is 32.1 Å². The van der Waals surface area contributed by atoms with Crippen LogP contribution in [0.25, 0.3) is 0 Å². The molecule has 0 aliphatic heterocycles. The molecule has 142 valence electrons. The molecule has 6 heteroatoms. The number of nitrogens with one attached hydrogen (secondary N) is 1. The van der Waals surface area contributed by atoms with Crippen molar-refractivity contribution in [2.45, 2.75) is 50.2 Å². The summed E-state index contributed by atoms with van der Waals surface area (Å²) in [6.07, 6.45) is 3.21. The number of aryl methyl sites for hydroxylation is 2. The molecule has 1 aromatic heterocycles. The van der Waals surface area contributed by atoms with Gasteiger partial charge in [-0.3, -0.25) is 0 Å². The van der Waals surface area contributed by atoms with Gasteiger partial charge in [0.2, 0.25) is 0 Å². The van der Waals surface area contributed by atoms with Gasteiger partial charge < -0.3 is 5.11 Å². The van der Waals surface area contributed by atoms with Gasteiger partial charge in [0, 0.05) is 16.8 Å². The summed E-state index contributed by atoms with van der Waals surface area (Å²) in [5.74, 6) is 0.272. The second-order valence-corrected chi connectivity index (χ2v) is 9.53. The summed E-state index contributed by atoms with van der Waals surface area (Å²) in [5.41, 5.74) is 2.40. The maximum Gasteiger partial charge on any atom is 0.250 e. The van der Waals surface area contributed by atoms with E-state index in [2.05, 4.69) is 25.1 Å². The molecule has 0 spiro atoms. The van der Waals surface area contributed by atoms with E-state index in [0.29, 0.717) is 4.21 Å². The van der Waals surface area contributed by atoms with Crippen LogP contribution in [0.2, 0.25) is 0 Å². The van der Waals surface area contributed by atoms with Crippen LogP contribution < -0.4 is 4.72 Å². The third-order valence-corrected chi connectivity index (χ3v) is 8.46. The van der Waals surface area contributed by atoms with Gasteiger partial charge in [-0.05, 0) is 55.5 Å². The van der Waals surface area contributed by atoms with Crippen LogP contribution in [-0.4, -0.2) is 20.1 Å². The molecule has 0 saturated heterocycles. The third-order valence-electron chi connectivity index (χ3n) is 4.96. The van der Waals surface area contributed by atoms with Crippen LogP contribution in [0.3, 0.4) is 0 Å². The molecule has 0 aliphatic carbocycles. The highest BCUT2D eigenvalue weighted by Crippen LogP contribution is 2.45. The number of benzene rings is 1. The lowest BCUT2D eigenvalue weighted by Crippen LogP contribution is -2.25. The molecular weight excluding hydrogens is 366 g/mol. The Balaban J connectivity index is 2.60. The Hall–Kier alpha value is -1.63. The molecule has 0 bridgehead atoms. The van der Waals surface area contributed by atoms with E-state index in [4.69, 9.17) is 0 Å². The second kappa shape index (κ2) is 7.94. The van der Waals surface area contributed by atoms with Gasteiger partial charge in [0.1, 0.15) is 9.96 Å². The van der Waals surface area contributed by atoms with Gasteiger partial charge in [0.25, 0.3) is 10.0 Å². The first kappa shape index (κ1) is 20.7. The molecule has 26 heavy (non-hydrogen) atoms. The van der Waals surface area contributed by atoms with Gasteiger partial charge in [-0.25, -0.2) is 13.1 Å². The summed E-state index contributed by atoms with van der Waals surface area (Å²) in [7, 11) is -3.55. The fourth-order valence-corrected chi connectivity index (χ4v) is 6.40. The molecule has 0 aliphatic rings. The molecule has 0 unspecified atom stereocenters. The molecular formula is C20H27NO3S2. The topological polar surface area (TPSA) is 66.4 Å². The molecule has 2 N–H and O–H groups in total. The van der Waals surface area contributed by atoms with Crippen LogP contribution >= 0.6 is 11.3 Å². The fourth-order valence-electron chi connectivity index (χ4n) is 3.30. The van der Waals surface area contributed by atoms with Crippen molar-refractivity contribution >= 4 is 21.4 Å². The molecule has 0 amide bonds. The van der Waals surface area contributed by atoms with Crippen molar-refractivity contribution < 1.29 is 13.5 Å². The Morgan fingerprint density at radius 2 is 1.85 bits per heavy atom. The standard InChI is InChI=1S/C20H27NO3S2/c1-6-11-21-26(23,24)19-15(5)13-18(25-19)20(7-2,8-3)16-9-10-17(22)14(4)12-16/h6,9-10,12-13,21-22H,1,7-8,11H2,2-5H3. The lowest BCUT2D eigenvalue weighted by molar-refractivity contribution is 0.464. The smallest absolute Gasteiger partial charge is 0.250 e. The van der Waals surface area contributed by atoms with E-state index in [1.54, 1.807) is 6.07 Å². The maximum absolute atomic E-state index is 12.6. The second-order valence-electron chi connectivity index (χ2n) is 6.51. The molecule has 2 rings (SSSR count). The summed E-state index contributed by atoms with van der Waals surface area (Å²) < 4.78 is 28.1. The van der Waals surface area contributed by atoms with Crippen molar-refractivity contribution in [1.82, 2.24) is 4.72 Å². The highest BCUT2D eigenvalue weighted by molar-refractivity contribution is 7.91. The summed E-state index contributed by atoms with van der Waals surface area (Å²) in [4.78, 5) is 1.03. The fraction of sp³-hybridized carbons (Fsp3) is 0.400. The number of aromatic hydroxyl groups is 1. The number of phenols is 1. The quantitative estimate of drug-likeness (QED) is 0.642. The summed E-state index contributed by atoms with van der Waals surface area (Å²) in [5, 5.41) is 9.87. The molecule has 4 nitrogen and oxygen atoms in total. The Morgan fingerprint density at radius 1 is 1.19 bits per heavy atom. The lowest BCUT2D eigenvalue weighted by Gasteiger charge is -2.32. The van der Waals surface area contributed by atoms with Crippen LogP contribution in [0, 0.1) is 13.8 Å². The number of sulfonamides is 1. The molecule has 0 radical (unpaired) electrons. The zero-order valence-electron chi connectivity index (χ0n) is 15.8. The van der Waals surface area contributed by atoms with Crippen LogP contribution in [0.1, 0.15) is 48.3 Å². The first-order valence-electron chi connectivity index (χ1n) is 8.73. The van der Waals surface area contributed by atoms with E-state index in [0.717, 1.165) is 34.4 Å². The number of phenolic OH excluding ortho intramolecular Hbond substituents is 1. The molecule has 0 fully saturated rings. The van der Waals surface area contributed by atoms with E-state index in [1.807, 2.05) is 32.0 Å². The number of rotatable bonds is 8. The van der Waals surface area contributed by atoms with Gasteiger partial charge in [0.05, 0.1) is 0 Å². The number of thiophene rings is 1. The minimum absolute atomic E-state index is 0.207. The first-order valence-corrected chi connectivity index (χ1v) is 11.0. The Kier molecular flexibility index (Phi) is 6.32. The van der Waals surface area contributed by atoms with Crippen molar-refractivity contribution in [2.75, 3.05) is 6.54 Å². The van der Waals surface area contributed by atoms with Crippen LogP contribution in [0.4, 0.5) is 0 Å². The predicted octanol–water partition coefficient (Wildman–Crippen LogP) is 4.64.